The second-order valence-corrected chi connectivity index (χ2v) is 6.18. The molecule has 1 fully saturated rings. The van der Waals surface area contributed by atoms with Crippen LogP contribution in [-0.4, -0.2) is 15.2 Å². The number of hydrazine groups is 1. The van der Waals surface area contributed by atoms with Crippen molar-refractivity contribution in [1.82, 2.24) is 9.97 Å². The molecule has 0 aliphatic heterocycles. The van der Waals surface area contributed by atoms with Gasteiger partial charge in [-0.15, -0.1) is 11.8 Å². The average Bonchev–Trinajstić information content (AvgIpc) is 2.48. The number of benzene rings is 1. The van der Waals surface area contributed by atoms with Gasteiger partial charge in [0.2, 0.25) is 5.95 Å². The highest BCUT2D eigenvalue weighted by atomic mass is 32.2. The van der Waals surface area contributed by atoms with Crippen molar-refractivity contribution in [2.75, 3.05) is 5.43 Å². The van der Waals surface area contributed by atoms with Gasteiger partial charge in [0, 0.05) is 10.6 Å². The van der Waals surface area contributed by atoms with Gasteiger partial charge in [-0.25, -0.2) is 15.8 Å². The van der Waals surface area contributed by atoms with E-state index in [1.54, 1.807) is 0 Å². The lowest BCUT2D eigenvalue weighted by Gasteiger charge is -2.21. The predicted octanol–water partition coefficient (Wildman–Crippen LogP) is 3.34. The molecule has 4 nitrogen and oxygen atoms in total. The second-order valence-electron chi connectivity index (χ2n) is 4.89. The van der Waals surface area contributed by atoms with Crippen LogP contribution in [0.4, 0.5) is 5.95 Å². The summed E-state index contributed by atoms with van der Waals surface area (Å²) >= 11 is 1.88. The third-order valence-electron chi connectivity index (χ3n) is 3.53. The molecule has 1 aromatic heterocycles. The molecule has 1 saturated carbocycles. The molecule has 5 heteroatoms. The lowest BCUT2D eigenvalue weighted by molar-refractivity contribution is 0.516. The minimum atomic E-state index is 0.497. The summed E-state index contributed by atoms with van der Waals surface area (Å²) in [5, 5.41) is 2.85. The predicted molar refractivity (Wildman–Crippen MR) is 80.1 cm³/mol. The van der Waals surface area contributed by atoms with E-state index in [-0.39, 0.29) is 0 Å². The van der Waals surface area contributed by atoms with Gasteiger partial charge in [0.1, 0.15) is 5.03 Å². The van der Waals surface area contributed by atoms with E-state index in [1.165, 1.54) is 32.1 Å². The molecule has 0 radical (unpaired) electrons. The molecule has 19 heavy (non-hydrogen) atoms. The van der Waals surface area contributed by atoms with Crippen LogP contribution in [0.5, 0.6) is 0 Å². The molecule has 2 aromatic rings. The number of nitrogens with zero attached hydrogens (tertiary/aromatic N) is 2. The smallest absolute Gasteiger partial charge is 0.238 e. The summed E-state index contributed by atoms with van der Waals surface area (Å²) in [4.78, 5) is 8.92. The normalized spacial score (nSPS) is 16.7. The molecule has 0 unspecified atom stereocenters. The van der Waals surface area contributed by atoms with Crippen molar-refractivity contribution in [3.05, 3.63) is 24.3 Å². The van der Waals surface area contributed by atoms with E-state index in [1.807, 2.05) is 30.0 Å². The quantitative estimate of drug-likeness (QED) is 0.510. The van der Waals surface area contributed by atoms with E-state index in [2.05, 4.69) is 21.5 Å². The van der Waals surface area contributed by atoms with Crippen molar-refractivity contribution < 1.29 is 0 Å². The van der Waals surface area contributed by atoms with Crippen LogP contribution in [0.15, 0.2) is 29.3 Å². The Kier molecular flexibility index (Phi) is 3.84. The van der Waals surface area contributed by atoms with E-state index in [0.717, 1.165) is 15.9 Å². The number of hydrogen-bond donors (Lipinski definition) is 2. The Hall–Kier alpha value is -1.33. The Balaban J connectivity index is 1.95. The molecule has 3 rings (SSSR count). The van der Waals surface area contributed by atoms with Crippen LogP contribution in [0.1, 0.15) is 32.1 Å². The SMILES string of the molecule is NNc1nc(SC2CCCCC2)c2ccccc2n1. The topological polar surface area (TPSA) is 63.8 Å². The van der Waals surface area contributed by atoms with Gasteiger partial charge in [-0.3, -0.25) is 5.43 Å². The van der Waals surface area contributed by atoms with E-state index in [0.29, 0.717) is 11.2 Å². The third kappa shape index (κ3) is 2.82. The van der Waals surface area contributed by atoms with Gasteiger partial charge in [0.15, 0.2) is 0 Å². The van der Waals surface area contributed by atoms with Crippen LogP contribution < -0.4 is 11.3 Å². The Morgan fingerprint density at radius 2 is 1.89 bits per heavy atom. The van der Waals surface area contributed by atoms with Crippen LogP contribution in [0.2, 0.25) is 0 Å². The van der Waals surface area contributed by atoms with Gasteiger partial charge in [-0.2, -0.15) is 0 Å². The van der Waals surface area contributed by atoms with Crippen LogP contribution in [0.3, 0.4) is 0 Å². The maximum Gasteiger partial charge on any atom is 0.238 e. The zero-order valence-corrected chi connectivity index (χ0v) is 11.6. The molecule has 0 saturated heterocycles. The lowest BCUT2D eigenvalue weighted by atomic mass is 10.0. The monoisotopic (exact) mass is 274 g/mol. The standard InChI is InChI=1S/C14H18N4S/c15-18-14-16-12-9-5-4-8-11(12)13(17-14)19-10-6-2-1-3-7-10/h4-5,8-10H,1-3,6-7,15H2,(H,16,17,18). The number of fused-ring (bicyclic) bond motifs is 1. The summed E-state index contributed by atoms with van der Waals surface area (Å²) in [5.41, 5.74) is 3.51. The number of nitrogen functional groups attached to an aromatic ring is 1. The molecular formula is C14H18N4S. The minimum Gasteiger partial charge on any atom is -0.292 e. The van der Waals surface area contributed by atoms with Crippen molar-refractivity contribution >= 4 is 28.6 Å². The number of hydrogen-bond acceptors (Lipinski definition) is 5. The molecule has 0 amide bonds. The number of thioether (sulfide) groups is 1. The third-order valence-corrected chi connectivity index (χ3v) is 4.87. The fourth-order valence-electron chi connectivity index (χ4n) is 2.54. The zero-order valence-electron chi connectivity index (χ0n) is 10.8. The summed E-state index contributed by atoms with van der Waals surface area (Å²) < 4.78 is 0. The Morgan fingerprint density at radius 3 is 2.68 bits per heavy atom. The highest BCUT2D eigenvalue weighted by Gasteiger charge is 2.17. The summed E-state index contributed by atoms with van der Waals surface area (Å²) in [6, 6.07) is 8.11. The minimum absolute atomic E-state index is 0.497. The van der Waals surface area contributed by atoms with Gasteiger partial charge in [0.25, 0.3) is 0 Å². The maximum atomic E-state index is 5.46. The molecule has 0 atom stereocenters. The van der Waals surface area contributed by atoms with Crippen molar-refractivity contribution in [2.45, 2.75) is 42.4 Å². The number of nitrogens with two attached hydrogens (primary N) is 1. The number of aromatic nitrogens is 2. The zero-order chi connectivity index (χ0) is 13.1. The Morgan fingerprint density at radius 1 is 1.11 bits per heavy atom. The van der Waals surface area contributed by atoms with E-state index in [4.69, 9.17) is 5.84 Å². The molecule has 1 aromatic carbocycles. The molecule has 3 N–H and O–H groups in total. The Labute approximate surface area is 117 Å². The molecule has 1 heterocycles. The first-order valence-corrected chi connectivity index (χ1v) is 7.65. The highest BCUT2D eigenvalue weighted by Crippen LogP contribution is 2.36. The van der Waals surface area contributed by atoms with E-state index in [9.17, 15) is 0 Å². The summed E-state index contributed by atoms with van der Waals surface area (Å²) in [7, 11) is 0. The fourth-order valence-corrected chi connectivity index (χ4v) is 3.87. The number of anilines is 1. The van der Waals surface area contributed by atoms with Crippen molar-refractivity contribution in [1.29, 1.82) is 0 Å². The molecule has 1 aliphatic carbocycles. The van der Waals surface area contributed by atoms with Gasteiger partial charge in [0.05, 0.1) is 5.52 Å². The number of rotatable bonds is 3. The summed E-state index contributed by atoms with van der Waals surface area (Å²) in [6.07, 6.45) is 6.62. The highest BCUT2D eigenvalue weighted by molar-refractivity contribution is 8.00. The molecule has 100 valence electrons. The first-order valence-electron chi connectivity index (χ1n) is 6.77. The molecule has 1 aliphatic rings. The van der Waals surface area contributed by atoms with E-state index >= 15 is 0 Å². The molecule has 0 spiro atoms. The lowest BCUT2D eigenvalue weighted by Crippen LogP contribution is -2.12. The van der Waals surface area contributed by atoms with Gasteiger partial charge in [-0.1, -0.05) is 37.5 Å². The summed E-state index contributed by atoms with van der Waals surface area (Å²) in [5.74, 6) is 5.96. The fraction of sp³-hybridized carbons (Fsp3) is 0.429. The average molecular weight is 274 g/mol. The van der Waals surface area contributed by atoms with Crippen molar-refractivity contribution in [3.63, 3.8) is 0 Å². The Bertz CT molecular complexity index is 566. The van der Waals surface area contributed by atoms with E-state index < -0.39 is 0 Å². The van der Waals surface area contributed by atoms with Crippen LogP contribution in [0, 0.1) is 0 Å². The second kappa shape index (κ2) is 5.75. The van der Waals surface area contributed by atoms with Crippen molar-refractivity contribution in [2.24, 2.45) is 5.84 Å². The largest absolute Gasteiger partial charge is 0.292 e. The van der Waals surface area contributed by atoms with Crippen LogP contribution >= 0.6 is 11.8 Å². The number of nitrogens with one attached hydrogen (secondary N) is 1. The van der Waals surface area contributed by atoms with Gasteiger partial charge in [-0.05, 0) is 18.9 Å². The first kappa shape index (κ1) is 12.7. The maximum absolute atomic E-state index is 5.46. The van der Waals surface area contributed by atoms with Crippen LogP contribution in [0.25, 0.3) is 10.9 Å². The van der Waals surface area contributed by atoms with Gasteiger partial charge >= 0.3 is 0 Å². The first-order chi connectivity index (χ1) is 9.36. The molecular weight excluding hydrogens is 256 g/mol. The number of para-hydroxylation sites is 1. The van der Waals surface area contributed by atoms with Crippen LogP contribution in [-0.2, 0) is 0 Å². The summed E-state index contributed by atoms with van der Waals surface area (Å²) in [6.45, 7) is 0. The van der Waals surface area contributed by atoms with Crippen molar-refractivity contribution in [3.8, 4) is 0 Å². The van der Waals surface area contributed by atoms with Gasteiger partial charge < -0.3 is 0 Å². The molecule has 0 bridgehead atoms.